The molecule has 0 unspecified atom stereocenters. The van der Waals surface area contributed by atoms with Gasteiger partial charge >= 0.3 is 5.97 Å². The fraction of sp³-hybridized carbons (Fsp3) is 0.368. The van der Waals surface area contributed by atoms with Crippen molar-refractivity contribution >= 4 is 11.9 Å². The molecule has 2 heterocycles. The zero-order chi connectivity index (χ0) is 18.5. The molecule has 0 saturated carbocycles. The van der Waals surface area contributed by atoms with Crippen molar-refractivity contribution in [1.29, 1.82) is 0 Å². The number of amides is 1. The van der Waals surface area contributed by atoms with Crippen molar-refractivity contribution in [2.24, 2.45) is 5.92 Å². The maximum Gasteiger partial charge on any atom is 0.309 e. The van der Waals surface area contributed by atoms with Crippen LogP contribution in [0.3, 0.4) is 0 Å². The number of carbonyl (C=O) groups excluding carboxylic acids is 2. The lowest BCUT2D eigenvalue weighted by atomic mass is 9.96. The van der Waals surface area contributed by atoms with E-state index in [9.17, 15) is 14.4 Å². The fourth-order valence-electron chi connectivity index (χ4n) is 3.04. The molecule has 136 valence electrons. The van der Waals surface area contributed by atoms with Crippen molar-refractivity contribution < 1.29 is 14.3 Å². The van der Waals surface area contributed by atoms with Crippen LogP contribution in [0, 0.1) is 5.92 Å². The average molecular weight is 355 g/mol. The van der Waals surface area contributed by atoms with E-state index in [1.54, 1.807) is 11.8 Å². The molecule has 2 aromatic rings. The minimum Gasteiger partial charge on any atom is -0.466 e. The Morgan fingerprint density at radius 3 is 2.54 bits per heavy atom. The fourth-order valence-corrected chi connectivity index (χ4v) is 3.04. The van der Waals surface area contributed by atoms with E-state index < -0.39 is 5.56 Å². The van der Waals surface area contributed by atoms with E-state index in [0.717, 1.165) is 5.56 Å². The number of H-pyrrole nitrogens is 1. The van der Waals surface area contributed by atoms with E-state index in [-0.39, 0.29) is 23.4 Å². The molecule has 1 aromatic carbocycles. The molecule has 0 radical (unpaired) electrons. The van der Waals surface area contributed by atoms with E-state index in [2.05, 4.69) is 9.97 Å². The van der Waals surface area contributed by atoms with E-state index >= 15 is 0 Å². The first-order valence-corrected chi connectivity index (χ1v) is 8.70. The van der Waals surface area contributed by atoms with Crippen molar-refractivity contribution in [2.45, 2.75) is 19.8 Å². The number of aromatic nitrogens is 2. The number of rotatable bonds is 4. The van der Waals surface area contributed by atoms with Gasteiger partial charge in [-0.15, -0.1) is 0 Å². The van der Waals surface area contributed by atoms with E-state index in [4.69, 9.17) is 4.74 Å². The molecular weight excluding hydrogens is 334 g/mol. The van der Waals surface area contributed by atoms with Gasteiger partial charge in [0.2, 0.25) is 0 Å². The number of nitrogens with zero attached hydrogens (tertiary/aromatic N) is 2. The van der Waals surface area contributed by atoms with Gasteiger partial charge in [0.1, 0.15) is 11.4 Å². The monoisotopic (exact) mass is 355 g/mol. The van der Waals surface area contributed by atoms with Crippen molar-refractivity contribution in [1.82, 2.24) is 14.9 Å². The van der Waals surface area contributed by atoms with Crippen molar-refractivity contribution in [3.8, 4) is 11.4 Å². The first-order chi connectivity index (χ1) is 12.6. The number of hydrogen-bond donors (Lipinski definition) is 1. The standard InChI is InChI=1S/C19H21N3O4/c1-2-26-19(25)14-8-10-22(11-9-14)18(24)15-12-20-16(21-17(15)23)13-6-4-3-5-7-13/h3-7,12,14H,2,8-11H2,1H3,(H,20,21,23). The second kappa shape index (κ2) is 7.95. The van der Waals surface area contributed by atoms with E-state index in [1.165, 1.54) is 6.20 Å². The van der Waals surface area contributed by atoms with Gasteiger partial charge in [0.05, 0.1) is 12.5 Å². The van der Waals surface area contributed by atoms with Crippen LogP contribution in [-0.4, -0.2) is 46.4 Å². The van der Waals surface area contributed by atoms with Gasteiger partial charge in [0.15, 0.2) is 0 Å². The van der Waals surface area contributed by atoms with Gasteiger partial charge < -0.3 is 14.6 Å². The number of benzene rings is 1. The molecule has 7 nitrogen and oxygen atoms in total. The number of likely N-dealkylation sites (tertiary alicyclic amines) is 1. The first kappa shape index (κ1) is 17.8. The van der Waals surface area contributed by atoms with Gasteiger partial charge in [-0.05, 0) is 19.8 Å². The maximum absolute atomic E-state index is 12.6. The first-order valence-electron chi connectivity index (χ1n) is 8.70. The molecule has 0 aliphatic carbocycles. The lowest BCUT2D eigenvalue weighted by Gasteiger charge is -2.30. The Hall–Kier alpha value is -2.96. The summed E-state index contributed by atoms with van der Waals surface area (Å²) in [5.41, 5.74) is 0.328. The lowest BCUT2D eigenvalue weighted by molar-refractivity contribution is -0.149. The SMILES string of the molecule is CCOC(=O)C1CCN(C(=O)c2cnc(-c3ccccc3)[nH]c2=O)CC1. The van der Waals surface area contributed by atoms with E-state index in [1.807, 2.05) is 30.3 Å². The second-order valence-electron chi connectivity index (χ2n) is 6.16. The Bertz CT molecular complexity index is 839. The highest BCUT2D eigenvalue weighted by atomic mass is 16.5. The van der Waals surface area contributed by atoms with Crippen LogP contribution in [0.5, 0.6) is 0 Å². The van der Waals surface area contributed by atoms with Crippen LogP contribution < -0.4 is 5.56 Å². The molecule has 26 heavy (non-hydrogen) atoms. The Morgan fingerprint density at radius 1 is 1.23 bits per heavy atom. The summed E-state index contributed by atoms with van der Waals surface area (Å²) in [6, 6.07) is 9.24. The average Bonchev–Trinajstić information content (AvgIpc) is 2.68. The van der Waals surface area contributed by atoms with Gasteiger partial charge in [-0.1, -0.05) is 30.3 Å². The molecule has 1 aromatic heterocycles. The molecule has 1 aliphatic heterocycles. The van der Waals surface area contributed by atoms with Gasteiger partial charge in [0.25, 0.3) is 11.5 Å². The summed E-state index contributed by atoms with van der Waals surface area (Å²) in [6.45, 7) is 2.96. The third-order valence-electron chi connectivity index (χ3n) is 4.48. The Morgan fingerprint density at radius 2 is 1.92 bits per heavy atom. The third-order valence-corrected chi connectivity index (χ3v) is 4.48. The molecule has 0 atom stereocenters. The molecule has 1 N–H and O–H groups in total. The number of nitrogens with one attached hydrogen (secondary N) is 1. The number of ether oxygens (including phenoxy) is 1. The van der Waals surface area contributed by atoms with Crippen LogP contribution in [-0.2, 0) is 9.53 Å². The largest absolute Gasteiger partial charge is 0.466 e. The van der Waals surface area contributed by atoms with Gasteiger partial charge in [0, 0.05) is 24.8 Å². The van der Waals surface area contributed by atoms with Crippen molar-refractivity contribution in [2.75, 3.05) is 19.7 Å². The van der Waals surface area contributed by atoms with Crippen LogP contribution >= 0.6 is 0 Å². The van der Waals surface area contributed by atoms with Crippen LogP contribution in [0.25, 0.3) is 11.4 Å². The molecule has 7 heteroatoms. The Labute approximate surface area is 151 Å². The van der Waals surface area contributed by atoms with Crippen molar-refractivity contribution in [3.05, 3.63) is 52.4 Å². The second-order valence-corrected chi connectivity index (χ2v) is 6.16. The number of esters is 1. The molecular formula is C19H21N3O4. The van der Waals surface area contributed by atoms with Gasteiger partial charge in [-0.25, -0.2) is 4.98 Å². The van der Waals surface area contributed by atoms with Gasteiger partial charge in [-0.3, -0.25) is 14.4 Å². The number of aromatic amines is 1. The van der Waals surface area contributed by atoms with E-state index in [0.29, 0.717) is 38.4 Å². The predicted molar refractivity (Wildman–Crippen MR) is 95.6 cm³/mol. The summed E-state index contributed by atoms with van der Waals surface area (Å²) in [7, 11) is 0. The number of carbonyl (C=O) groups is 2. The normalized spacial score (nSPS) is 14.9. The summed E-state index contributed by atoms with van der Waals surface area (Å²) in [4.78, 5) is 45.2. The molecule has 0 bridgehead atoms. The van der Waals surface area contributed by atoms with Crippen molar-refractivity contribution in [3.63, 3.8) is 0 Å². The summed E-state index contributed by atoms with van der Waals surface area (Å²) in [5, 5.41) is 0. The minimum atomic E-state index is -0.462. The quantitative estimate of drug-likeness (QED) is 0.845. The lowest BCUT2D eigenvalue weighted by Crippen LogP contribution is -2.42. The Kier molecular flexibility index (Phi) is 5.46. The van der Waals surface area contributed by atoms with Crippen LogP contribution in [0.4, 0.5) is 0 Å². The topological polar surface area (TPSA) is 92.4 Å². The van der Waals surface area contributed by atoms with Crippen LogP contribution in [0.1, 0.15) is 30.1 Å². The molecule has 0 spiro atoms. The van der Waals surface area contributed by atoms with Gasteiger partial charge in [-0.2, -0.15) is 0 Å². The minimum absolute atomic E-state index is 0.0132. The summed E-state index contributed by atoms with van der Waals surface area (Å²) < 4.78 is 5.03. The number of hydrogen-bond acceptors (Lipinski definition) is 5. The summed E-state index contributed by atoms with van der Waals surface area (Å²) in [5.74, 6) is -0.337. The predicted octanol–water partition coefficient (Wildman–Crippen LogP) is 1.85. The molecule has 1 amide bonds. The third kappa shape index (κ3) is 3.82. The zero-order valence-corrected chi connectivity index (χ0v) is 14.6. The highest BCUT2D eigenvalue weighted by Crippen LogP contribution is 2.20. The molecule has 1 saturated heterocycles. The molecule has 3 rings (SSSR count). The highest BCUT2D eigenvalue weighted by Gasteiger charge is 2.29. The highest BCUT2D eigenvalue weighted by molar-refractivity contribution is 5.93. The molecule has 1 aliphatic rings. The summed E-state index contributed by atoms with van der Waals surface area (Å²) >= 11 is 0. The Balaban J connectivity index is 1.69. The zero-order valence-electron chi connectivity index (χ0n) is 14.6. The molecule has 1 fully saturated rings. The maximum atomic E-state index is 12.6. The van der Waals surface area contributed by atoms with Crippen LogP contribution in [0.2, 0.25) is 0 Å². The summed E-state index contributed by atoms with van der Waals surface area (Å²) in [6.07, 6.45) is 2.40. The smallest absolute Gasteiger partial charge is 0.309 e. The number of piperidine rings is 1. The van der Waals surface area contributed by atoms with Crippen LogP contribution in [0.15, 0.2) is 41.3 Å².